The van der Waals surface area contributed by atoms with Crippen LogP contribution >= 0.6 is 0 Å². The molecule has 0 saturated carbocycles. The second-order valence-corrected chi connectivity index (χ2v) is 5.94. The van der Waals surface area contributed by atoms with E-state index in [0.29, 0.717) is 6.04 Å². The highest BCUT2D eigenvalue weighted by Gasteiger charge is 2.40. The molecule has 14 heavy (non-hydrogen) atoms. The summed E-state index contributed by atoms with van der Waals surface area (Å²) in [6.45, 7) is 8.16. The Morgan fingerprint density at radius 2 is 1.43 bits per heavy atom. The molecule has 0 aromatic carbocycles. The predicted octanol–water partition coefficient (Wildman–Crippen LogP) is 2.07. The summed E-state index contributed by atoms with van der Waals surface area (Å²) < 4.78 is 0. The van der Waals surface area contributed by atoms with Crippen LogP contribution in [0.5, 0.6) is 0 Å². The highest BCUT2D eigenvalue weighted by molar-refractivity contribution is 5.02. The third kappa shape index (κ3) is 2.10. The lowest BCUT2D eigenvalue weighted by Crippen LogP contribution is -2.61. The molecule has 0 N–H and O–H groups in total. The Balaban J connectivity index is 2.86. The van der Waals surface area contributed by atoms with Gasteiger partial charge in [0.25, 0.3) is 0 Å². The lowest BCUT2D eigenvalue weighted by atomic mass is 9.78. The third-order valence-corrected chi connectivity index (χ3v) is 3.30. The smallest absolute Gasteiger partial charge is 0.0123 e. The van der Waals surface area contributed by atoms with Crippen LogP contribution in [-0.4, -0.2) is 41.2 Å². The molecule has 0 spiro atoms. The second-order valence-electron chi connectivity index (χ2n) is 5.94. The fraction of sp³-hybridized carbons (Fsp3) is 1.00. The van der Waals surface area contributed by atoms with Crippen molar-refractivity contribution in [3.05, 3.63) is 5.21 Å². The molecule has 0 bridgehead atoms. The van der Waals surface area contributed by atoms with Crippen molar-refractivity contribution < 1.29 is 0 Å². The standard InChI is InChI=1S/C11H23N2O/c1-10(2)7-9(12(5)6)8-11(3,4)13(10)14/h9H,7-8H2,1-6H3/q-1. The second kappa shape index (κ2) is 3.47. The Kier molecular flexibility index (Phi) is 2.96. The van der Waals surface area contributed by atoms with Crippen molar-refractivity contribution >= 4 is 0 Å². The van der Waals surface area contributed by atoms with Crippen molar-refractivity contribution in [2.24, 2.45) is 0 Å². The molecule has 1 fully saturated rings. The number of nitrogens with zero attached hydrogens (tertiary/aromatic N) is 2. The third-order valence-electron chi connectivity index (χ3n) is 3.30. The highest BCUT2D eigenvalue weighted by Crippen LogP contribution is 2.38. The van der Waals surface area contributed by atoms with E-state index in [-0.39, 0.29) is 11.1 Å². The van der Waals surface area contributed by atoms with E-state index in [1.807, 2.05) is 27.7 Å². The maximum atomic E-state index is 12.0. The minimum Gasteiger partial charge on any atom is -0.784 e. The molecule has 0 amide bonds. The molecule has 0 unspecified atom stereocenters. The summed E-state index contributed by atoms with van der Waals surface area (Å²) in [5, 5.41) is 13.3. The first-order chi connectivity index (χ1) is 6.17. The maximum Gasteiger partial charge on any atom is 0.0123 e. The van der Waals surface area contributed by atoms with Crippen molar-refractivity contribution in [3.8, 4) is 0 Å². The molecule has 0 radical (unpaired) electrons. The van der Waals surface area contributed by atoms with Crippen LogP contribution < -0.4 is 0 Å². The molecule has 1 aliphatic rings. The van der Waals surface area contributed by atoms with E-state index in [1.54, 1.807) is 0 Å². The average Bonchev–Trinajstić information content (AvgIpc) is 1.98. The van der Waals surface area contributed by atoms with Gasteiger partial charge in [0, 0.05) is 17.1 Å². The molecule has 1 rings (SSSR count). The molecular weight excluding hydrogens is 176 g/mol. The van der Waals surface area contributed by atoms with Crippen LogP contribution in [0.1, 0.15) is 40.5 Å². The van der Waals surface area contributed by atoms with Crippen LogP contribution in [-0.2, 0) is 0 Å². The summed E-state index contributed by atoms with van der Waals surface area (Å²) in [7, 11) is 4.19. The van der Waals surface area contributed by atoms with Crippen LogP contribution in [0.3, 0.4) is 0 Å². The zero-order valence-corrected chi connectivity index (χ0v) is 10.3. The number of rotatable bonds is 1. The first-order valence-electron chi connectivity index (χ1n) is 5.31. The molecular formula is C11H23N2O-. The van der Waals surface area contributed by atoms with Gasteiger partial charge in [-0.1, -0.05) is 0 Å². The zero-order valence-electron chi connectivity index (χ0n) is 10.3. The van der Waals surface area contributed by atoms with Gasteiger partial charge in [-0.15, -0.1) is 0 Å². The zero-order chi connectivity index (χ0) is 11.1. The van der Waals surface area contributed by atoms with Crippen LogP contribution in [0.4, 0.5) is 0 Å². The Labute approximate surface area is 87.7 Å². The Morgan fingerprint density at radius 1 is 1.07 bits per heavy atom. The maximum absolute atomic E-state index is 12.0. The molecule has 0 aromatic heterocycles. The van der Waals surface area contributed by atoms with E-state index in [2.05, 4.69) is 19.0 Å². The summed E-state index contributed by atoms with van der Waals surface area (Å²) >= 11 is 0. The predicted molar refractivity (Wildman–Crippen MR) is 60.1 cm³/mol. The van der Waals surface area contributed by atoms with E-state index < -0.39 is 0 Å². The van der Waals surface area contributed by atoms with Crippen LogP contribution in [0.15, 0.2) is 0 Å². The van der Waals surface area contributed by atoms with Gasteiger partial charge in [-0.05, 0) is 54.6 Å². The van der Waals surface area contributed by atoms with E-state index in [4.69, 9.17) is 0 Å². The van der Waals surface area contributed by atoms with Gasteiger partial charge in [0.2, 0.25) is 0 Å². The van der Waals surface area contributed by atoms with Gasteiger partial charge in [-0.3, -0.25) is 0 Å². The summed E-state index contributed by atoms with van der Waals surface area (Å²) in [6.07, 6.45) is 1.90. The Morgan fingerprint density at radius 3 is 1.71 bits per heavy atom. The summed E-state index contributed by atoms with van der Waals surface area (Å²) in [5.41, 5.74) is -0.479. The Bertz CT molecular complexity index is 193. The first-order valence-corrected chi connectivity index (χ1v) is 5.31. The molecule has 1 saturated heterocycles. The van der Waals surface area contributed by atoms with Crippen molar-refractivity contribution in [2.45, 2.75) is 57.7 Å². The number of piperidine rings is 1. The number of hydrogen-bond donors (Lipinski definition) is 0. The molecule has 84 valence electrons. The van der Waals surface area contributed by atoms with Gasteiger partial charge in [0.05, 0.1) is 0 Å². The lowest BCUT2D eigenvalue weighted by molar-refractivity contribution is -0.0208. The van der Waals surface area contributed by atoms with E-state index in [0.717, 1.165) is 12.8 Å². The van der Waals surface area contributed by atoms with Gasteiger partial charge in [0.15, 0.2) is 0 Å². The van der Waals surface area contributed by atoms with Crippen LogP contribution in [0.25, 0.3) is 0 Å². The number of hydroxylamine groups is 2. The summed E-state index contributed by atoms with van der Waals surface area (Å²) in [4.78, 5) is 2.23. The van der Waals surface area contributed by atoms with Crippen molar-refractivity contribution in [3.63, 3.8) is 0 Å². The van der Waals surface area contributed by atoms with Crippen molar-refractivity contribution in [2.75, 3.05) is 14.1 Å². The monoisotopic (exact) mass is 199 g/mol. The first kappa shape index (κ1) is 12.0. The Hall–Kier alpha value is -0.120. The van der Waals surface area contributed by atoms with Gasteiger partial charge < -0.3 is 15.2 Å². The normalized spacial score (nSPS) is 28.3. The van der Waals surface area contributed by atoms with Gasteiger partial charge in [-0.25, -0.2) is 0 Å². The fourth-order valence-electron chi connectivity index (χ4n) is 2.58. The van der Waals surface area contributed by atoms with Crippen LogP contribution in [0, 0.1) is 5.21 Å². The number of hydrogen-bond acceptors (Lipinski definition) is 3. The lowest BCUT2D eigenvalue weighted by Gasteiger charge is -2.60. The van der Waals surface area contributed by atoms with E-state index in [9.17, 15) is 5.21 Å². The van der Waals surface area contributed by atoms with Crippen molar-refractivity contribution in [1.82, 2.24) is 9.96 Å². The molecule has 3 nitrogen and oxygen atoms in total. The highest BCUT2D eigenvalue weighted by atomic mass is 16.5. The minimum absolute atomic E-state index is 0.239. The van der Waals surface area contributed by atoms with E-state index in [1.165, 1.54) is 5.06 Å². The quantitative estimate of drug-likeness (QED) is 0.647. The largest absolute Gasteiger partial charge is 0.784 e. The molecule has 3 heteroatoms. The van der Waals surface area contributed by atoms with Gasteiger partial charge in [0.1, 0.15) is 0 Å². The van der Waals surface area contributed by atoms with E-state index >= 15 is 0 Å². The fourth-order valence-corrected chi connectivity index (χ4v) is 2.58. The molecule has 1 aliphatic heterocycles. The summed E-state index contributed by atoms with van der Waals surface area (Å²) in [5.74, 6) is 0. The topological polar surface area (TPSA) is 29.5 Å². The SMILES string of the molecule is CN(C)C1CC(C)(C)N([O-])C(C)(C)C1. The molecule has 0 aliphatic carbocycles. The minimum atomic E-state index is -0.239. The van der Waals surface area contributed by atoms with Gasteiger partial charge in [-0.2, -0.15) is 0 Å². The molecule has 0 aromatic rings. The molecule has 1 heterocycles. The van der Waals surface area contributed by atoms with Crippen molar-refractivity contribution in [1.29, 1.82) is 0 Å². The van der Waals surface area contributed by atoms with Gasteiger partial charge >= 0.3 is 0 Å². The summed E-state index contributed by atoms with van der Waals surface area (Å²) in [6, 6.07) is 0.519. The van der Waals surface area contributed by atoms with Crippen LogP contribution in [0.2, 0.25) is 0 Å². The average molecular weight is 199 g/mol. The molecule has 0 atom stereocenters.